The minimum atomic E-state index is -0.647. The summed E-state index contributed by atoms with van der Waals surface area (Å²) in [4.78, 5) is 7.31. The third-order valence-corrected chi connectivity index (χ3v) is 7.16. The van der Waals surface area contributed by atoms with Crippen molar-refractivity contribution >= 4 is 28.4 Å². The molecule has 5 rings (SSSR count). The van der Waals surface area contributed by atoms with Gasteiger partial charge in [0.25, 0.3) is 0 Å². The molecule has 0 saturated heterocycles. The molecule has 3 heteroatoms. The lowest BCUT2D eigenvalue weighted by Crippen LogP contribution is -2.61. The first-order chi connectivity index (χ1) is 13.7. The van der Waals surface area contributed by atoms with Crippen molar-refractivity contribution in [2.24, 2.45) is 4.99 Å². The zero-order valence-corrected chi connectivity index (χ0v) is 18.3. The Labute approximate surface area is 173 Å². The van der Waals surface area contributed by atoms with Crippen LogP contribution in [0.25, 0.3) is 10.8 Å². The molecule has 0 amide bonds. The minimum Gasteiger partial charge on any atom is -0.459 e. The van der Waals surface area contributed by atoms with E-state index in [-0.39, 0.29) is 5.41 Å². The number of ether oxygens (including phenoxy) is 1. The Morgan fingerprint density at radius 2 is 1.55 bits per heavy atom. The number of likely N-dealkylation sites (N-methyl/N-ethyl adjacent to an activating group) is 1. The Morgan fingerprint density at radius 1 is 0.862 bits per heavy atom. The van der Waals surface area contributed by atoms with Gasteiger partial charge in [0.2, 0.25) is 5.72 Å². The number of benzene rings is 3. The summed E-state index contributed by atoms with van der Waals surface area (Å²) in [6, 6.07) is 13.3. The Kier molecular flexibility index (Phi) is 3.54. The molecule has 1 atom stereocenters. The van der Waals surface area contributed by atoms with E-state index in [0.29, 0.717) is 0 Å². The summed E-state index contributed by atoms with van der Waals surface area (Å²) in [5.74, 6) is 0.908. The van der Waals surface area contributed by atoms with Gasteiger partial charge in [0.15, 0.2) is 5.75 Å². The number of rotatable bonds is 0. The summed E-state index contributed by atoms with van der Waals surface area (Å²) < 4.78 is 6.96. The molecule has 0 bridgehead atoms. The summed E-state index contributed by atoms with van der Waals surface area (Å²) in [6.07, 6.45) is 2.03. The van der Waals surface area contributed by atoms with Gasteiger partial charge in [-0.25, -0.2) is 0 Å². The molecule has 1 spiro atoms. The number of hydrogen-bond acceptors (Lipinski definition) is 3. The number of aryl methyl sites for hydroxylation is 3. The van der Waals surface area contributed by atoms with Crippen LogP contribution in [0.5, 0.6) is 5.75 Å². The van der Waals surface area contributed by atoms with E-state index in [0.717, 1.165) is 16.8 Å². The zero-order chi connectivity index (χ0) is 20.7. The van der Waals surface area contributed by atoms with Gasteiger partial charge in [0.05, 0.1) is 11.6 Å². The number of hydrogen-bond donors (Lipinski definition) is 0. The molecule has 0 aromatic heterocycles. The van der Waals surface area contributed by atoms with Crippen LogP contribution >= 0.6 is 0 Å². The fourth-order valence-electron chi connectivity index (χ4n) is 5.12. The number of nitrogens with zero attached hydrogens (tertiary/aromatic N) is 2. The molecule has 0 N–H and O–H groups in total. The smallest absolute Gasteiger partial charge is 0.228 e. The summed E-state index contributed by atoms with van der Waals surface area (Å²) in [5.41, 5.74) is 7.53. The summed E-state index contributed by atoms with van der Waals surface area (Å²) >= 11 is 0. The molecule has 0 saturated carbocycles. The van der Waals surface area contributed by atoms with E-state index in [9.17, 15) is 0 Å². The first-order valence-corrected chi connectivity index (χ1v) is 10.3. The largest absolute Gasteiger partial charge is 0.459 e. The maximum atomic E-state index is 6.96. The van der Waals surface area contributed by atoms with Crippen LogP contribution in [0.1, 0.15) is 41.7 Å². The van der Waals surface area contributed by atoms with Gasteiger partial charge in [0.1, 0.15) is 5.69 Å². The van der Waals surface area contributed by atoms with Gasteiger partial charge in [0, 0.05) is 18.1 Å². The van der Waals surface area contributed by atoms with Gasteiger partial charge < -0.3 is 9.64 Å². The Morgan fingerprint density at radius 3 is 2.31 bits per heavy atom. The maximum Gasteiger partial charge on any atom is 0.228 e. The second-order valence-electron chi connectivity index (χ2n) is 9.24. The molecule has 29 heavy (non-hydrogen) atoms. The lowest BCUT2D eigenvalue weighted by atomic mass is 9.77. The fraction of sp³-hybridized carbons (Fsp3) is 0.346. The molecule has 2 heterocycles. The predicted octanol–water partition coefficient (Wildman–Crippen LogP) is 6.29. The highest BCUT2D eigenvalue weighted by Crippen LogP contribution is 2.55. The molecule has 0 aliphatic carbocycles. The number of aliphatic imine (C=N–C) groups is 1. The van der Waals surface area contributed by atoms with Crippen LogP contribution < -0.4 is 9.64 Å². The molecule has 3 aromatic rings. The van der Waals surface area contributed by atoms with Crippen molar-refractivity contribution in [3.8, 4) is 5.75 Å². The molecular formula is C26H28N2O. The summed E-state index contributed by atoms with van der Waals surface area (Å²) in [7, 11) is 2.12. The molecule has 2 aliphatic rings. The van der Waals surface area contributed by atoms with E-state index in [2.05, 4.69) is 89.9 Å². The monoisotopic (exact) mass is 384 g/mol. The molecule has 0 fully saturated rings. The van der Waals surface area contributed by atoms with Crippen molar-refractivity contribution < 1.29 is 4.74 Å². The minimum absolute atomic E-state index is 0.242. The van der Waals surface area contributed by atoms with Crippen LogP contribution in [-0.4, -0.2) is 19.0 Å². The van der Waals surface area contributed by atoms with Crippen molar-refractivity contribution in [2.75, 3.05) is 11.9 Å². The van der Waals surface area contributed by atoms with Crippen molar-refractivity contribution in [1.29, 1.82) is 0 Å². The van der Waals surface area contributed by atoms with E-state index in [4.69, 9.17) is 9.73 Å². The lowest BCUT2D eigenvalue weighted by Gasteiger charge is -2.45. The SMILES string of the molecule is Cc1ccc2c(c1)N(C)C1(C=Nc3c(c(C)c(C)c4cc(C)ccc34)O1)C2(C)C. The van der Waals surface area contributed by atoms with E-state index in [1.54, 1.807) is 0 Å². The maximum absolute atomic E-state index is 6.96. The molecular weight excluding hydrogens is 356 g/mol. The first-order valence-electron chi connectivity index (χ1n) is 10.3. The highest BCUT2D eigenvalue weighted by molar-refractivity contribution is 6.02. The van der Waals surface area contributed by atoms with Gasteiger partial charge in [-0.3, -0.25) is 4.99 Å². The van der Waals surface area contributed by atoms with Crippen LogP contribution in [-0.2, 0) is 5.41 Å². The van der Waals surface area contributed by atoms with Crippen molar-refractivity contribution in [3.63, 3.8) is 0 Å². The first kappa shape index (κ1) is 18.2. The molecule has 2 aliphatic heterocycles. The molecule has 148 valence electrons. The second-order valence-corrected chi connectivity index (χ2v) is 9.24. The van der Waals surface area contributed by atoms with Gasteiger partial charge in [-0.15, -0.1) is 0 Å². The summed E-state index contributed by atoms with van der Waals surface area (Å²) in [5, 5.41) is 2.42. The standard InChI is InChI=1S/C26H28N2O/c1-15-8-10-19-20(12-15)17(3)18(4)24-23(19)27-14-26(29-24)25(5,6)21-11-9-16(2)13-22(21)28(26)7/h8-14H,1-7H3. The van der Waals surface area contributed by atoms with Crippen LogP contribution in [0.2, 0.25) is 0 Å². The molecule has 1 unspecified atom stereocenters. The lowest BCUT2D eigenvalue weighted by molar-refractivity contribution is 0.0818. The van der Waals surface area contributed by atoms with Crippen molar-refractivity contribution in [2.45, 2.75) is 52.7 Å². The molecule has 3 nitrogen and oxygen atoms in total. The van der Waals surface area contributed by atoms with Crippen LogP contribution in [0.15, 0.2) is 41.4 Å². The summed E-state index contributed by atoms with van der Waals surface area (Å²) in [6.45, 7) is 13.1. The highest BCUT2D eigenvalue weighted by atomic mass is 16.5. The van der Waals surface area contributed by atoms with Crippen molar-refractivity contribution in [1.82, 2.24) is 0 Å². The predicted molar refractivity (Wildman–Crippen MR) is 122 cm³/mol. The fourth-order valence-corrected chi connectivity index (χ4v) is 5.12. The topological polar surface area (TPSA) is 24.8 Å². The van der Waals surface area contributed by atoms with Crippen LogP contribution in [0, 0.1) is 27.7 Å². The molecule has 3 aromatic carbocycles. The average molecular weight is 385 g/mol. The van der Waals surface area contributed by atoms with E-state index in [1.807, 2.05) is 6.21 Å². The normalized spacial score (nSPS) is 21.4. The van der Waals surface area contributed by atoms with Crippen molar-refractivity contribution in [3.05, 3.63) is 64.2 Å². The number of fused-ring (bicyclic) bond motifs is 4. The third-order valence-electron chi connectivity index (χ3n) is 7.16. The Hall–Kier alpha value is -2.81. The third kappa shape index (κ3) is 2.16. The second kappa shape index (κ2) is 5.63. The van der Waals surface area contributed by atoms with Crippen LogP contribution in [0.3, 0.4) is 0 Å². The average Bonchev–Trinajstić information content (AvgIpc) is 2.84. The molecule has 0 radical (unpaired) electrons. The Balaban J connectivity index is 1.76. The van der Waals surface area contributed by atoms with Gasteiger partial charge in [-0.1, -0.05) is 35.9 Å². The van der Waals surface area contributed by atoms with E-state index >= 15 is 0 Å². The Bertz CT molecular complexity index is 1220. The van der Waals surface area contributed by atoms with Gasteiger partial charge >= 0.3 is 0 Å². The van der Waals surface area contributed by atoms with Gasteiger partial charge in [-0.05, 0) is 75.2 Å². The van der Waals surface area contributed by atoms with E-state index in [1.165, 1.54) is 38.9 Å². The van der Waals surface area contributed by atoms with E-state index < -0.39 is 5.72 Å². The number of anilines is 1. The van der Waals surface area contributed by atoms with Crippen LogP contribution in [0.4, 0.5) is 11.4 Å². The zero-order valence-electron chi connectivity index (χ0n) is 18.3. The quantitative estimate of drug-likeness (QED) is 0.455. The highest BCUT2D eigenvalue weighted by Gasteiger charge is 2.58. The van der Waals surface area contributed by atoms with Gasteiger partial charge in [-0.2, -0.15) is 0 Å².